The third kappa shape index (κ3) is 1.84. The van der Waals surface area contributed by atoms with Gasteiger partial charge in [-0.25, -0.2) is 4.98 Å². The van der Waals surface area contributed by atoms with Crippen LogP contribution in [-0.4, -0.2) is 9.55 Å². The number of terminal acetylenes is 1. The first kappa shape index (κ1) is 11.4. The van der Waals surface area contributed by atoms with Crippen molar-refractivity contribution in [2.24, 2.45) is 0 Å². The van der Waals surface area contributed by atoms with Gasteiger partial charge in [-0.3, -0.25) is 0 Å². The molecular formula is C16H13N3. The highest BCUT2D eigenvalue weighted by Crippen LogP contribution is 2.30. The van der Waals surface area contributed by atoms with Gasteiger partial charge in [0.05, 0.1) is 12.9 Å². The van der Waals surface area contributed by atoms with Gasteiger partial charge >= 0.3 is 0 Å². The van der Waals surface area contributed by atoms with Gasteiger partial charge in [0.1, 0.15) is 11.5 Å². The third-order valence-electron chi connectivity index (χ3n) is 3.18. The molecule has 1 heterocycles. The van der Waals surface area contributed by atoms with E-state index in [1.807, 2.05) is 24.3 Å². The van der Waals surface area contributed by atoms with Crippen LogP contribution in [0.2, 0.25) is 0 Å². The zero-order chi connectivity index (χ0) is 13.2. The number of nitrogens with two attached hydrogens (primary N) is 1. The largest absolute Gasteiger partial charge is 0.383 e. The Balaban J connectivity index is 2.23. The molecule has 0 spiro atoms. The Labute approximate surface area is 111 Å². The summed E-state index contributed by atoms with van der Waals surface area (Å²) in [7, 11) is 0. The van der Waals surface area contributed by atoms with Gasteiger partial charge in [0.15, 0.2) is 0 Å². The minimum Gasteiger partial charge on any atom is -0.383 e. The zero-order valence-electron chi connectivity index (χ0n) is 10.4. The summed E-state index contributed by atoms with van der Waals surface area (Å²) in [5, 5.41) is 2.31. The van der Waals surface area contributed by atoms with Gasteiger partial charge in [0.2, 0.25) is 0 Å². The lowest BCUT2D eigenvalue weighted by molar-refractivity contribution is 0.852. The second-order valence-electron chi connectivity index (χ2n) is 4.34. The number of fused-ring (bicyclic) bond motifs is 1. The van der Waals surface area contributed by atoms with Gasteiger partial charge in [0, 0.05) is 5.56 Å². The highest BCUT2D eigenvalue weighted by Gasteiger charge is 2.11. The Morgan fingerprint density at radius 1 is 1.16 bits per heavy atom. The summed E-state index contributed by atoms with van der Waals surface area (Å²) >= 11 is 0. The summed E-state index contributed by atoms with van der Waals surface area (Å²) in [5.41, 5.74) is 7.94. The number of anilines is 1. The number of hydrogen-bond acceptors (Lipinski definition) is 2. The fourth-order valence-electron chi connectivity index (χ4n) is 2.26. The molecule has 92 valence electrons. The summed E-state index contributed by atoms with van der Waals surface area (Å²) in [6.45, 7) is 0.434. The predicted molar refractivity (Wildman–Crippen MR) is 78.4 cm³/mol. The Hall–Kier alpha value is -2.73. The number of imidazole rings is 1. The monoisotopic (exact) mass is 247 g/mol. The lowest BCUT2D eigenvalue weighted by atomic mass is 10.0. The average Bonchev–Trinajstić information content (AvgIpc) is 2.80. The van der Waals surface area contributed by atoms with Crippen LogP contribution in [0.5, 0.6) is 0 Å². The van der Waals surface area contributed by atoms with E-state index >= 15 is 0 Å². The van der Waals surface area contributed by atoms with Gasteiger partial charge in [-0.2, -0.15) is 0 Å². The standard InChI is InChI=1S/C16H13N3/c1-2-10-19-11-18-15(16(19)17)14-9-5-7-12-6-3-4-8-13(12)14/h1,3-9,11H,10,17H2. The number of nitrogen functional groups attached to an aromatic ring is 1. The van der Waals surface area contributed by atoms with E-state index in [2.05, 4.69) is 29.1 Å². The molecule has 0 radical (unpaired) electrons. The van der Waals surface area contributed by atoms with Crippen molar-refractivity contribution in [3.63, 3.8) is 0 Å². The van der Waals surface area contributed by atoms with Gasteiger partial charge in [0.25, 0.3) is 0 Å². The average molecular weight is 247 g/mol. The summed E-state index contributed by atoms with van der Waals surface area (Å²) < 4.78 is 1.77. The zero-order valence-corrected chi connectivity index (χ0v) is 10.4. The summed E-state index contributed by atoms with van der Waals surface area (Å²) in [5.74, 6) is 3.18. The van der Waals surface area contributed by atoms with Crippen molar-refractivity contribution in [3.8, 4) is 23.6 Å². The first-order chi connectivity index (χ1) is 9.31. The van der Waals surface area contributed by atoms with Crippen LogP contribution in [-0.2, 0) is 6.54 Å². The fraction of sp³-hybridized carbons (Fsp3) is 0.0625. The molecule has 0 aliphatic heterocycles. The molecule has 2 aromatic carbocycles. The van der Waals surface area contributed by atoms with Crippen LogP contribution < -0.4 is 5.73 Å². The maximum absolute atomic E-state index is 6.12. The molecule has 3 heteroatoms. The molecule has 2 N–H and O–H groups in total. The van der Waals surface area contributed by atoms with Crippen LogP contribution in [0.25, 0.3) is 22.0 Å². The Kier molecular flexibility index (Phi) is 2.70. The molecule has 0 fully saturated rings. The lowest BCUT2D eigenvalue weighted by Crippen LogP contribution is -2.00. The van der Waals surface area contributed by atoms with Crippen LogP contribution in [0.15, 0.2) is 48.8 Å². The Bertz CT molecular complexity index is 773. The number of nitrogens with zero attached hydrogens (tertiary/aromatic N) is 2. The van der Waals surface area contributed by atoms with Crippen LogP contribution in [0.4, 0.5) is 5.82 Å². The number of hydrogen-bond donors (Lipinski definition) is 1. The molecule has 0 bridgehead atoms. The van der Waals surface area contributed by atoms with E-state index in [4.69, 9.17) is 12.2 Å². The number of aromatic nitrogens is 2. The molecule has 19 heavy (non-hydrogen) atoms. The van der Waals surface area contributed by atoms with Crippen LogP contribution >= 0.6 is 0 Å². The maximum Gasteiger partial charge on any atom is 0.132 e. The molecule has 3 nitrogen and oxygen atoms in total. The fourth-order valence-corrected chi connectivity index (χ4v) is 2.26. The predicted octanol–water partition coefficient (Wildman–Crippen LogP) is 2.92. The highest BCUT2D eigenvalue weighted by atomic mass is 15.1. The maximum atomic E-state index is 6.12. The third-order valence-corrected chi connectivity index (χ3v) is 3.18. The first-order valence-corrected chi connectivity index (χ1v) is 6.03. The molecular weight excluding hydrogens is 234 g/mol. The van der Waals surface area contributed by atoms with E-state index in [1.165, 1.54) is 5.39 Å². The van der Waals surface area contributed by atoms with E-state index in [0.29, 0.717) is 12.4 Å². The first-order valence-electron chi connectivity index (χ1n) is 6.03. The molecule has 0 unspecified atom stereocenters. The van der Waals surface area contributed by atoms with E-state index in [-0.39, 0.29) is 0 Å². The van der Waals surface area contributed by atoms with E-state index < -0.39 is 0 Å². The molecule has 0 amide bonds. The molecule has 0 saturated carbocycles. The number of rotatable bonds is 2. The van der Waals surface area contributed by atoms with Crippen molar-refractivity contribution >= 4 is 16.6 Å². The van der Waals surface area contributed by atoms with Gasteiger partial charge in [-0.05, 0) is 10.8 Å². The smallest absolute Gasteiger partial charge is 0.132 e. The van der Waals surface area contributed by atoms with Gasteiger partial charge in [-0.1, -0.05) is 48.4 Å². The van der Waals surface area contributed by atoms with E-state index in [0.717, 1.165) is 16.6 Å². The molecule has 0 atom stereocenters. The molecule has 0 aliphatic carbocycles. The van der Waals surface area contributed by atoms with Crippen molar-refractivity contribution < 1.29 is 0 Å². The van der Waals surface area contributed by atoms with E-state index in [1.54, 1.807) is 10.9 Å². The SMILES string of the molecule is C#CCn1cnc(-c2cccc3ccccc23)c1N. The molecule has 3 aromatic rings. The normalized spacial score (nSPS) is 10.5. The molecule has 3 rings (SSSR count). The highest BCUT2D eigenvalue weighted by molar-refractivity contribution is 5.97. The lowest BCUT2D eigenvalue weighted by Gasteiger charge is -2.06. The Morgan fingerprint density at radius 3 is 2.79 bits per heavy atom. The molecule has 0 saturated heterocycles. The summed E-state index contributed by atoms with van der Waals surface area (Å²) in [6.07, 6.45) is 7.00. The van der Waals surface area contributed by atoms with Crippen molar-refractivity contribution in [1.29, 1.82) is 0 Å². The second kappa shape index (κ2) is 4.51. The van der Waals surface area contributed by atoms with Crippen LogP contribution in [0, 0.1) is 12.3 Å². The van der Waals surface area contributed by atoms with Crippen molar-refractivity contribution in [1.82, 2.24) is 9.55 Å². The second-order valence-corrected chi connectivity index (χ2v) is 4.34. The van der Waals surface area contributed by atoms with Crippen molar-refractivity contribution in [2.45, 2.75) is 6.54 Å². The molecule has 1 aromatic heterocycles. The summed E-state index contributed by atoms with van der Waals surface area (Å²) in [4.78, 5) is 4.40. The summed E-state index contributed by atoms with van der Waals surface area (Å²) in [6, 6.07) is 14.3. The minimum atomic E-state index is 0.434. The Morgan fingerprint density at radius 2 is 1.95 bits per heavy atom. The van der Waals surface area contributed by atoms with Gasteiger partial charge < -0.3 is 10.3 Å². The number of benzene rings is 2. The van der Waals surface area contributed by atoms with Crippen LogP contribution in [0.1, 0.15) is 0 Å². The molecule has 0 aliphatic rings. The van der Waals surface area contributed by atoms with Crippen molar-refractivity contribution in [2.75, 3.05) is 5.73 Å². The van der Waals surface area contributed by atoms with Crippen LogP contribution in [0.3, 0.4) is 0 Å². The van der Waals surface area contributed by atoms with Gasteiger partial charge in [-0.15, -0.1) is 6.42 Å². The van der Waals surface area contributed by atoms with E-state index in [9.17, 15) is 0 Å². The quantitative estimate of drug-likeness (QED) is 0.708. The van der Waals surface area contributed by atoms with Crippen molar-refractivity contribution in [3.05, 3.63) is 48.8 Å². The topological polar surface area (TPSA) is 43.8 Å². The minimum absolute atomic E-state index is 0.434.